The number of nitrogens with zero attached hydrogens (tertiary/aromatic N) is 1. The van der Waals surface area contributed by atoms with Crippen LogP contribution in [0.1, 0.15) is 11.1 Å². The Morgan fingerprint density at radius 1 is 1.20 bits per heavy atom. The van der Waals surface area contributed by atoms with Crippen molar-refractivity contribution in [3.63, 3.8) is 0 Å². The van der Waals surface area contributed by atoms with Crippen LogP contribution in [0, 0.1) is 6.92 Å². The topological polar surface area (TPSA) is 80.7 Å². The van der Waals surface area contributed by atoms with Gasteiger partial charge in [-0.05, 0) is 24.1 Å². The zero-order valence-corrected chi connectivity index (χ0v) is 13.9. The molecule has 0 saturated heterocycles. The number of hydrogen-bond donors (Lipinski definition) is 2. The lowest BCUT2D eigenvalue weighted by molar-refractivity contribution is 0.142. The minimum absolute atomic E-state index is 0.00298. The summed E-state index contributed by atoms with van der Waals surface area (Å²) in [5.41, 5.74) is 3.59. The smallest absolute Gasteiger partial charge is 0.494 e. The number of fused-ring (bicyclic) bond motifs is 1. The molecule has 2 N–H and O–H groups in total. The van der Waals surface area contributed by atoms with E-state index in [2.05, 4.69) is 10.3 Å². The van der Waals surface area contributed by atoms with Crippen LogP contribution in [-0.2, 0) is 6.54 Å². The Hall–Kier alpha value is -3.28. The Kier molecular flexibility index (Phi) is 4.70. The Bertz CT molecular complexity index is 924. The molecular formula is C19H18N2O4. The van der Waals surface area contributed by atoms with Gasteiger partial charge in [0.15, 0.2) is 0 Å². The van der Waals surface area contributed by atoms with Gasteiger partial charge in [-0.1, -0.05) is 36.4 Å². The van der Waals surface area contributed by atoms with Crippen molar-refractivity contribution < 1.29 is 19.4 Å². The molecule has 0 aliphatic rings. The van der Waals surface area contributed by atoms with E-state index in [0.717, 1.165) is 16.6 Å². The lowest BCUT2D eigenvalue weighted by Gasteiger charge is -2.14. The molecule has 25 heavy (non-hydrogen) atoms. The highest BCUT2D eigenvalue weighted by molar-refractivity contribution is 5.95. The van der Waals surface area contributed by atoms with Gasteiger partial charge in [0.05, 0.1) is 7.11 Å². The van der Waals surface area contributed by atoms with Gasteiger partial charge in [-0.3, -0.25) is 0 Å². The Labute approximate surface area is 145 Å². The van der Waals surface area contributed by atoms with Gasteiger partial charge in [0.25, 0.3) is 0 Å². The van der Waals surface area contributed by atoms with E-state index in [1.54, 1.807) is 19.2 Å². The lowest BCUT2D eigenvalue weighted by atomic mass is 10.1. The Balaban J connectivity index is 2.02. The average molecular weight is 338 g/mol. The molecule has 0 unspecified atom stereocenters. The minimum atomic E-state index is -1.41. The van der Waals surface area contributed by atoms with Crippen LogP contribution >= 0.6 is 0 Å². The zero-order valence-electron chi connectivity index (χ0n) is 13.9. The van der Waals surface area contributed by atoms with Crippen molar-refractivity contribution in [2.24, 2.45) is 0 Å². The summed E-state index contributed by atoms with van der Waals surface area (Å²) >= 11 is 0. The van der Waals surface area contributed by atoms with E-state index < -0.39 is 6.16 Å². The molecule has 128 valence electrons. The van der Waals surface area contributed by atoms with Crippen LogP contribution in [0.3, 0.4) is 0 Å². The summed E-state index contributed by atoms with van der Waals surface area (Å²) in [4.78, 5) is 15.1. The van der Waals surface area contributed by atoms with E-state index >= 15 is 0 Å². The van der Waals surface area contributed by atoms with Gasteiger partial charge in [0.1, 0.15) is 11.3 Å². The number of aromatic nitrogens is 1. The number of nitrogens with one attached hydrogen (secondary N) is 1. The molecule has 0 spiro atoms. The highest BCUT2D eigenvalue weighted by atomic mass is 16.7. The molecule has 0 amide bonds. The predicted molar refractivity (Wildman–Crippen MR) is 95.5 cm³/mol. The summed E-state index contributed by atoms with van der Waals surface area (Å²) in [5.74, 6) is 0.545. The average Bonchev–Trinajstić information content (AvgIpc) is 2.59. The first-order valence-electron chi connectivity index (χ1n) is 7.75. The fourth-order valence-corrected chi connectivity index (χ4v) is 2.65. The maximum atomic E-state index is 10.9. The first kappa shape index (κ1) is 16.6. The van der Waals surface area contributed by atoms with Crippen molar-refractivity contribution in [1.82, 2.24) is 4.98 Å². The number of rotatable bonds is 5. The second-order valence-corrected chi connectivity index (χ2v) is 5.51. The van der Waals surface area contributed by atoms with E-state index in [9.17, 15) is 4.79 Å². The van der Waals surface area contributed by atoms with Crippen molar-refractivity contribution >= 4 is 22.7 Å². The number of ether oxygens (including phenoxy) is 2. The first-order chi connectivity index (χ1) is 12.1. The van der Waals surface area contributed by atoms with E-state index in [0.29, 0.717) is 17.8 Å². The number of pyridine rings is 1. The molecule has 1 aromatic heterocycles. The first-order valence-corrected chi connectivity index (χ1v) is 7.75. The van der Waals surface area contributed by atoms with Crippen molar-refractivity contribution in [1.29, 1.82) is 0 Å². The van der Waals surface area contributed by atoms with Gasteiger partial charge in [-0.15, -0.1) is 0 Å². The van der Waals surface area contributed by atoms with Gasteiger partial charge in [-0.25, -0.2) is 9.78 Å². The number of aryl methyl sites for hydroxylation is 1. The monoisotopic (exact) mass is 338 g/mol. The molecule has 3 aromatic rings. The van der Waals surface area contributed by atoms with E-state index in [1.165, 1.54) is 5.56 Å². The van der Waals surface area contributed by atoms with Crippen LogP contribution in [-0.4, -0.2) is 23.4 Å². The fourth-order valence-electron chi connectivity index (χ4n) is 2.65. The molecule has 0 radical (unpaired) electrons. The molecule has 6 heteroatoms. The number of methoxy groups -OCH3 is 1. The normalized spacial score (nSPS) is 10.5. The number of hydrogen-bond acceptors (Lipinski definition) is 5. The Morgan fingerprint density at radius 2 is 2.00 bits per heavy atom. The van der Waals surface area contributed by atoms with Crippen molar-refractivity contribution in [3.8, 4) is 11.6 Å². The molecule has 0 fully saturated rings. The minimum Gasteiger partial charge on any atom is -0.494 e. The second kappa shape index (κ2) is 7.09. The summed E-state index contributed by atoms with van der Waals surface area (Å²) in [7, 11) is 1.54. The van der Waals surface area contributed by atoms with E-state index in [1.807, 2.05) is 43.3 Å². The number of benzene rings is 2. The molecule has 0 aliphatic carbocycles. The highest BCUT2D eigenvalue weighted by Gasteiger charge is 2.13. The number of para-hydroxylation sites is 1. The number of carbonyl (C=O) groups is 1. The largest absolute Gasteiger partial charge is 0.512 e. The Morgan fingerprint density at radius 3 is 2.72 bits per heavy atom. The van der Waals surface area contributed by atoms with E-state index in [4.69, 9.17) is 14.6 Å². The maximum Gasteiger partial charge on any atom is 0.512 e. The molecule has 0 aliphatic heterocycles. The zero-order chi connectivity index (χ0) is 17.8. The van der Waals surface area contributed by atoms with Crippen LogP contribution in [0.25, 0.3) is 10.9 Å². The summed E-state index contributed by atoms with van der Waals surface area (Å²) in [6.07, 6.45) is -1.41. The molecular weight excluding hydrogens is 320 g/mol. The van der Waals surface area contributed by atoms with Gasteiger partial charge in [-0.2, -0.15) is 0 Å². The highest BCUT2D eigenvalue weighted by Crippen LogP contribution is 2.32. The number of carboxylic acid groups (broad SMARTS) is 1. The standard InChI is InChI=1S/C19H18N2O4/c1-12-6-3-4-7-13(12)11-20-15-10-17(25-19(22)23)21-18-14(15)8-5-9-16(18)24-2/h3-10H,11H2,1-2H3,(H,20,21)(H,22,23). The third-order valence-corrected chi connectivity index (χ3v) is 3.92. The third kappa shape index (κ3) is 3.63. The van der Waals surface area contributed by atoms with Crippen molar-refractivity contribution in [2.45, 2.75) is 13.5 Å². The van der Waals surface area contributed by atoms with Crippen LogP contribution in [0.4, 0.5) is 10.5 Å². The summed E-state index contributed by atoms with van der Waals surface area (Å²) in [6.45, 7) is 2.64. The SMILES string of the molecule is COc1cccc2c(NCc3ccccc3C)cc(OC(=O)O)nc12. The summed E-state index contributed by atoms with van der Waals surface area (Å²) < 4.78 is 10.1. The molecule has 6 nitrogen and oxygen atoms in total. The predicted octanol–water partition coefficient (Wildman–Crippen LogP) is 4.22. The summed E-state index contributed by atoms with van der Waals surface area (Å²) in [5, 5.41) is 13.1. The van der Waals surface area contributed by atoms with Gasteiger partial charge in [0, 0.05) is 23.7 Å². The fraction of sp³-hybridized carbons (Fsp3) is 0.158. The molecule has 2 aromatic carbocycles. The van der Waals surface area contributed by atoms with Gasteiger partial charge >= 0.3 is 6.16 Å². The van der Waals surface area contributed by atoms with Crippen LogP contribution in [0.15, 0.2) is 48.5 Å². The quantitative estimate of drug-likeness (QED) is 0.678. The van der Waals surface area contributed by atoms with Crippen molar-refractivity contribution in [3.05, 3.63) is 59.7 Å². The van der Waals surface area contributed by atoms with Crippen molar-refractivity contribution in [2.75, 3.05) is 12.4 Å². The molecule has 0 bridgehead atoms. The van der Waals surface area contributed by atoms with Crippen LogP contribution in [0.5, 0.6) is 11.6 Å². The lowest BCUT2D eigenvalue weighted by Crippen LogP contribution is -2.07. The third-order valence-electron chi connectivity index (χ3n) is 3.92. The maximum absolute atomic E-state index is 10.9. The van der Waals surface area contributed by atoms with Gasteiger partial charge < -0.3 is 19.9 Å². The van der Waals surface area contributed by atoms with Crippen LogP contribution in [0.2, 0.25) is 0 Å². The second-order valence-electron chi connectivity index (χ2n) is 5.51. The van der Waals surface area contributed by atoms with E-state index in [-0.39, 0.29) is 5.88 Å². The molecule has 0 atom stereocenters. The molecule has 0 saturated carbocycles. The number of anilines is 1. The summed E-state index contributed by atoms with van der Waals surface area (Å²) in [6, 6.07) is 15.2. The van der Waals surface area contributed by atoms with Gasteiger partial charge in [0.2, 0.25) is 5.88 Å². The molecule has 3 rings (SSSR count). The van der Waals surface area contributed by atoms with Crippen LogP contribution < -0.4 is 14.8 Å². The molecule has 1 heterocycles.